The highest BCUT2D eigenvalue weighted by molar-refractivity contribution is 6.41. The van der Waals surface area contributed by atoms with E-state index in [0.717, 1.165) is 43.1 Å². The molecular formula is C56H28O8. The van der Waals surface area contributed by atoms with E-state index in [1.54, 1.807) is 60.7 Å². The summed E-state index contributed by atoms with van der Waals surface area (Å²) in [5, 5.41) is 56.4. The summed E-state index contributed by atoms with van der Waals surface area (Å²) in [7, 11) is 0. The van der Waals surface area contributed by atoms with Crippen LogP contribution in [0.25, 0.3) is 108 Å². The average Bonchev–Trinajstić information content (AvgIpc) is 3.31. The average molecular weight is 829 g/mol. The van der Waals surface area contributed by atoms with Gasteiger partial charge in [0.2, 0.25) is 0 Å². The Labute approximate surface area is 360 Å². The monoisotopic (exact) mass is 828 g/mol. The lowest BCUT2D eigenvalue weighted by atomic mass is 9.82. The predicted octanol–water partition coefficient (Wildman–Crippen LogP) is 12.8. The van der Waals surface area contributed by atoms with Gasteiger partial charge in [-0.2, -0.15) is 0 Å². The van der Waals surface area contributed by atoms with Gasteiger partial charge in [0.15, 0.2) is 11.6 Å². The number of phenols is 2. The molecule has 0 aliphatic carbocycles. The number of carboxylic acid groups (broad SMARTS) is 2. The summed E-state index contributed by atoms with van der Waals surface area (Å²) in [5.74, 6) is -2.93. The van der Waals surface area contributed by atoms with Crippen molar-refractivity contribution in [1.29, 1.82) is 0 Å². The molecule has 0 aliphatic rings. The maximum absolute atomic E-state index is 15.1. The van der Waals surface area contributed by atoms with Crippen LogP contribution in [0.3, 0.4) is 0 Å². The third-order valence-corrected chi connectivity index (χ3v) is 13.6. The van der Waals surface area contributed by atoms with Crippen molar-refractivity contribution in [2.45, 2.75) is 0 Å². The number of carbonyl (C=O) groups excluding carboxylic acids is 2. The van der Waals surface area contributed by atoms with E-state index >= 15 is 9.59 Å². The number of ketones is 2. The SMILES string of the molecule is O=C(O)c1ccc2c3ccc(C(=O)c4ccc5ccc6c(O)ccc7ccc4c5c76)c4c(C(=O)O)ccc(c5ccc(C(=O)c6ccc7ccc8c(O)ccc9ccc6c7c98)c1c25)c43. The number of fused-ring (bicyclic) bond motifs is 2. The van der Waals surface area contributed by atoms with Gasteiger partial charge in [-0.15, -0.1) is 0 Å². The standard InChI is InChI=1S/C56H28O8/c57-43-23-7-27-1-9-33-35(11-3-25-5-13-37(43)47(27)45(25)33)53(59)39-19-15-29-32-18-22-42(56(63)64)52-40(20-16-30(50(32)52)31-17-21-41(55(61)62)51(39)49(29)31)54(60)36-12-4-26-6-14-38-44(58)24-8-28-2-10-34(36)46(26)48(28)38/h1-24,57-58H,(H,61,62)(H,63,64). The third kappa shape index (κ3) is 4.50. The molecule has 0 bridgehead atoms. The number of phenolic OH excluding ortho intramolecular Hbond substituents is 2. The van der Waals surface area contributed by atoms with Crippen LogP contribution in [0.5, 0.6) is 11.5 Å². The van der Waals surface area contributed by atoms with Crippen LogP contribution in [0.2, 0.25) is 0 Å². The molecule has 13 rings (SSSR count). The van der Waals surface area contributed by atoms with Crippen LogP contribution in [-0.4, -0.2) is 43.9 Å². The molecule has 0 amide bonds. The summed E-state index contributed by atoms with van der Waals surface area (Å²) in [5.41, 5.74) is 0.987. The van der Waals surface area contributed by atoms with Gasteiger partial charge < -0.3 is 20.4 Å². The van der Waals surface area contributed by atoms with E-state index in [1.807, 2.05) is 72.8 Å². The highest BCUT2D eigenvalue weighted by atomic mass is 16.4. The van der Waals surface area contributed by atoms with Gasteiger partial charge in [-0.25, -0.2) is 9.59 Å². The molecule has 0 heterocycles. The molecule has 0 spiro atoms. The molecule has 13 aromatic rings. The number of aromatic carboxylic acids is 2. The largest absolute Gasteiger partial charge is 0.507 e. The highest BCUT2D eigenvalue weighted by Gasteiger charge is 2.28. The smallest absolute Gasteiger partial charge is 0.336 e. The van der Waals surface area contributed by atoms with Crippen molar-refractivity contribution in [2.75, 3.05) is 0 Å². The lowest BCUT2D eigenvalue weighted by Crippen LogP contribution is -2.09. The fourth-order valence-electron chi connectivity index (χ4n) is 10.9. The summed E-state index contributed by atoms with van der Waals surface area (Å²) >= 11 is 0. The van der Waals surface area contributed by atoms with Crippen LogP contribution in [0.15, 0.2) is 146 Å². The second-order valence-electron chi connectivity index (χ2n) is 16.7. The fourth-order valence-corrected chi connectivity index (χ4v) is 10.9. The summed E-state index contributed by atoms with van der Waals surface area (Å²) in [6.07, 6.45) is 0. The van der Waals surface area contributed by atoms with Crippen LogP contribution in [0.1, 0.15) is 52.6 Å². The van der Waals surface area contributed by atoms with Gasteiger partial charge in [-0.1, -0.05) is 97.1 Å². The molecule has 300 valence electrons. The number of aromatic hydroxyl groups is 2. The Balaban J connectivity index is 1.07. The number of hydrogen-bond donors (Lipinski definition) is 4. The predicted molar refractivity (Wildman–Crippen MR) is 252 cm³/mol. The first-order chi connectivity index (χ1) is 31.1. The minimum Gasteiger partial charge on any atom is -0.507 e. The number of hydrogen-bond acceptors (Lipinski definition) is 6. The second-order valence-corrected chi connectivity index (χ2v) is 16.7. The number of carboxylic acids is 2. The summed E-state index contributed by atoms with van der Waals surface area (Å²) in [4.78, 5) is 56.3. The Morgan fingerprint density at radius 1 is 0.250 bits per heavy atom. The van der Waals surface area contributed by atoms with E-state index in [-0.39, 0.29) is 56.1 Å². The maximum Gasteiger partial charge on any atom is 0.336 e. The van der Waals surface area contributed by atoms with E-state index in [2.05, 4.69) is 0 Å². The number of rotatable bonds is 6. The zero-order chi connectivity index (χ0) is 43.4. The van der Waals surface area contributed by atoms with E-state index in [0.29, 0.717) is 65.0 Å². The molecule has 8 nitrogen and oxygen atoms in total. The third-order valence-electron chi connectivity index (χ3n) is 13.6. The molecule has 0 fully saturated rings. The van der Waals surface area contributed by atoms with E-state index in [1.165, 1.54) is 12.1 Å². The summed E-state index contributed by atoms with van der Waals surface area (Å²) in [6.45, 7) is 0. The zero-order valence-corrected chi connectivity index (χ0v) is 33.3. The molecule has 0 aromatic heterocycles. The molecule has 64 heavy (non-hydrogen) atoms. The van der Waals surface area contributed by atoms with E-state index in [9.17, 15) is 30.0 Å². The second kappa shape index (κ2) is 12.4. The van der Waals surface area contributed by atoms with Gasteiger partial charge >= 0.3 is 11.9 Å². The quantitative estimate of drug-likeness (QED) is 0.0735. The Bertz CT molecular complexity index is 4020. The maximum atomic E-state index is 15.1. The van der Waals surface area contributed by atoms with Crippen LogP contribution in [0, 0.1) is 0 Å². The van der Waals surface area contributed by atoms with Crippen LogP contribution >= 0.6 is 0 Å². The summed E-state index contributed by atoms with van der Waals surface area (Å²) < 4.78 is 0. The molecule has 0 radical (unpaired) electrons. The van der Waals surface area contributed by atoms with E-state index in [4.69, 9.17) is 0 Å². The van der Waals surface area contributed by atoms with Crippen molar-refractivity contribution in [3.8, 4) is 11.5 Å². The van der Waals surface area contributed by atoms with Crippen LogP contribution in [-0.2, 0) is 0 Å². The Hall–Kier alpha value is -8.88. The first-order valence-electron chi connectivity index (χ1n) is 20.6. The molecule has 0 unspecified atom stereocenters. The summed E-state index contributed by atoms with van der Waals surface area (Å²) in [6, 6.07) is 42.6. The molecular weight excluding hydrogens is 801 g/mol. The van der Waals surface area contributed by atoms with Gasteiger partial charge in [0, 0.05) is 54.6 Å². The van der Waals surface area contributed by atoms with Crippen molar-refractivity contribution in [1.82, 2.24) is 0 Å². The molecule has 0 aliphatic heterocycles. The first-order valence-corrected chi connectivity index (χ1v) is 20.6. The van der Waals surface area contributed by atoms with Gasteiger partial charge in [-0.05, 0) is 124 Å². The van der Waals surface area contributed by atoms with Gasteiger partial charge in [0.25, 0.3) is 0 Å². The Morgan fingerprint density at radius 2 is 0.516 bits per heavy atom. The molecule has 0 atom stereocenters. The van der Waals surface area contributed by atoms with Crippen molar-refractivity contribution >= 4 is 131 Å². The fraction of sp³-hybridized carbons (Fsp3) is 0. The number of carbonyl (C=O) groups is 4. The normalized spacial score (nSPS) is 12.2. The zero-order valence-electron chi connectivity index (χ0n) is 33.3. The number of benzene rings is 13. The minimum absolute atomic E-state index is 0.0671. The van der Waals surface area contributed by atoms with Crippen molar-refractivity contribution in [3.63, 3.8) is 0 Å². The van der Waals surface area contributed by atoms with Crippen molar-refractivity contribution in [3.05, 3.63) is 179 Å². The lowest BCUT2D eigenvalue weighted by Gasteiger charge is -2.20. The topological polar surface area (TPSA) is 149 Å². The Kier molecular flexibility index (Phi) is 6.93. The van der Waals surface area contributed by atoms with E-state index < -0.39 is 11.9 Å². The van der Waals surface area contributed by atoms with Gasteiger partial charge in [0.05, 0.1) is 11.1 Å². The first kappa shape index (κ1) is 35.8. The molecule has 0 saturated carbocycles. The molecule has 13 aromatic carbocycles. The lowest BCUT2D eigenvalue weighted by molar-refractivity contribution is 0.0688. The minimum atomic E-state index is -1.22. The van der Waals surface area contributed by atoms with Crippen molar-refractivity contribution < 1.29 is 39.6 Å². The van der Waals surface area contributed by atoms with Crippen LogP contribution in [0.4, 0.5) is 0 Å². The molecule has 4 N–H and O–H groups in total. The van der Waals surface area contributed by atoms with Gasteiger partial charge in [0.1, 0.15) is 11.5 Å². The highest BCUT2D eigenvalue weighted by Crippen LogP contribution is 2.47. The molecule has 8 heteroatoms. The van der Waals surface area contributed by atoms with Gasteiger partial charge in [-0.3, -0.25) is 9.59 Å². The van der Waals surface area contributed by atoms with Crippen molar-refractivity contribution in [2.24, 2.45) is 0 Å². The Morgan fingerprint density at radius 3 is 0.875 bits per heavy atom. The molecule has 0 saturated heterocycles. The van der Waals surface area contributed by atoms with Crippen LogP contribution < -0.4 is 0 Å².